The molecule has 0 fully saturated rings. The topological polar surface area (TPSA) is 42.3 Å². The molecule has 132 valence electrons. The van der Waals surface area contributed by atoms with Gasteiger partial charge in [-0.3, -0.25) is 9.59 Å². The Bertz CT molecular complexity index is 1070. The molecule has 3 aromatic rings. The number of carbonyl (C=O) groups excluding carboxylic acids is 1. The second kappa shape index (κ2) is 6.45. The first-order valence-corrected chi connectivity index (χ1v) is 8.98. The summed E-state index contributed by atoms with van der Waals surface area (Å²) >= 11 is 0. The molecule has 2 heterocycles. The number of nitrogens with zero attached hydrogens (tertiary/aromatic N) is 2. The van der Waals surface area contributed by atoms with Gasteiger partial charge in [0.2, 0.25) is 5.91 Å². The molecule has 1 amide bonds. The number of amides is 1. The first-order chi connectivity index (χ1) is 12.5. The number of pyridine rings is 1. The Morgan fingerprint density at radius 3 is 2.65 bits per heavy atom. The smallest absolute Gasteiger partial charge is 0.242 e. The van der Waals surface area contributed by atoms with E-state index in [0.717, 1.165) is 29.6 Å². The van der Waals surface area contributed by atoms with Crippen LogP contribution in [-0.4, -0.2) is 21.9 Å². The molecule has 0 aliphatic carbocycles. The molecule has 0 saturated heterocycles. The van der Waals surface area contributed by atoms with Gasteiger partial charge in [0.05, 0.1) is 5.52 Å². The van der Waals surface area contributed by atoms with Crippen LogP contribution in [0.4, 0.5) is 0 Å². The maximum atomic E-state index is 12.9. The van der Waals surface area contributed by atoms with Gasteiger partial charge in [-0.1, -0.05) is 30.3 Å². The molecule has 1 aromatic heterocycles. The summed E-state index contributed by atoms with van der Waals surface area (Å²) in [5, 5.41) is 0.704. The molecule has 4 heteroatoms. The lowest BCUT2D eigenvalue weighted by molar-refractivity contribution is -0.132. The van der Waals surface area contributed by atoms with E-state index >= 15 is 0 Å². The van der Waals surface area contributed by atoms with Crippen molar-refractivity contribution in [2.24, 2.45) is 0 Å². The van der Waals surface area contributed by atoms with Crippen molar-refractivity contribution in [3.8, 4) is 0 Å². The summed E-state index contributed by atoms with van der Waals surface area (Å²) in [6.07, 6.45) is 2.63. The van der Waals surface area contributed by atoms with E-state index in [4.69, 9.17) is 0 Å². The van der Waals surface area contributed by atoms with Crippen molar-refractivity contribution in [3.05, 3.63) is 81.1 Å². The minimum absolute atomic E-state index is 0.00750. The molecular weight excluding hydrogens is 324 g/mol. The van der Waals surface area contributed by atoms with Gasteiger partial charge < -0.3 is 9.47 Å². The Balaban J connectivity index is 1.65. The fraction of sp³-hybridized carbons (Fsp3) is 0.273. The zero-order chi connectivity index (χ0) is 18.3. The highest BCUT2D eigenvalue weighted by atomic mass is 16.2. The van der Waals surface area contributed by atoms with Crippen LogP contribution in [0.25, 0.3) is 10.9 Å². The van der Waals surface area contributed by atoms with Gasteiger partial charge in [0.15, 0.2) is 5.43 Å². The number of hydrogen-bond donors (Lipinski definition) is 0. The summed E-state index contributed by atoms with van der Waals surface area (Å²) in [6.45, 7) is 5.61. The van der Waals surface area contributed by atoms with E-state index in [2.05, 4.69) is 12.1 Å². The van der Waals surface area contributed by atoms with Gasteiger partial charge in [0.25, 0.3) is 0 Å². The zero-order valence-corrected chi connectivity index (χ0v) is 15.2. The van der Waals surface area contributed by atoms with Gasteiger partial charge in [0.1, 0.15) is 6.54 Å². The van der Waals surface area contributed by atoms with Crippen molar-refractivity contribution in [1.82, 2.24) is 9.47 Å². The third-order valence-corrected chi connectivity index (χ3v) is 5.21. The number of benzene rings is 2. The van der Waals surface area contributed by atoms with Crippen molar-refractivity contribution in [3.63, 3.8) is 0 Å². The van der Waals surface area contributed by atoms with Crippen LogP contribution in [0.5, 0.6) is 0 Å². The quantitative estimate of drug-likeness (QED) is 0.715. The Kier molecular flexibility index (Phi) is 4.11. The summed E-state index contributed by atoms with van der Waals surface area (Å²) in [5.41, 5.74) is 5.45. The van der Waals surface area contributed by atoms with Crippen molar-refractivity contribution in [2.75, 3.05) is 6.54 Å². The second-order valence-corrected chi connectivity index (χ2v) is 7.12. The highest BCUT2D eigenvalue weighted by Gasteiger charge is 2.21. The number of fused-ring (bicyclic) bond motifs is 2. The average molecular weight is 346 g/mol. The Hall–Kier alpha value is -2.88. The number of carbonyl (C=O) groups is 1. The first-order valence-electron chi connectivity index (χ1n) is 8.98. The molecule has 4 nitrogen and oxygen atoms in total. The number of hydrogen-bond acceptors (Lipinski definition) is 2. The summed E-state index contributed by atoms with van der Waals surface area (Å²) in [7, 11) is 0. The SMILES string of the molecule is Cc1cc(C)c2c(=O)ccn(CC(=O)N3CCc4ccccc4C3)c2c1. The predicted octanol–water partition coefficient (Wildman–Crippen LogP) is 3.20. The van der Waals surface area contributed by atoms with Gasteiger partial charge in [-0.2, -0.15) is 0 Å². The molecule has 0 unspecified atom stereocenters. The minimum atomic E-state index is 0.00750. The number of aryl methyl sites for hydroxylation is 2. The molecule has 0 N–H and O–H groups in total. The molecule has 2 aromatic carbocycles. The Labute approximate surface area is 152 Å². The van der Waals surface area contributed by atoms with E-state index in [1.807, 2.05) is 47.6 Å². The largest absolute Gasteiger partial charge is 0.338 e. The van der Waals surface area contributed by atoms with E-state index in [1.54, 1.807) is 12.3 Å². The van der Waals surface area contributed by atoms with Crippen LogP contribution in [-0.2, 0) is 24.3 Å². The normalized spacial score (nSPS) is 13.7. The highest BCUT2D eigenvalue weighted by Crippen LogP contribution is 2.20. The number of rotatable bonds is 2. The molecule has 1 aliphatic heterocycles. The first kappa shape index (κ1) is 16.6. The van der Waals surface area contributed by atoms with Crippen molar-refractivity contribution in [1.29, 1.82) is 0 Å². The average Bonchev–Trinajstić information content (AvgIpc) is 2.63. The molecule has 0 bridgehead atoms. The van der Waals surface area contributed by atoms with E-state index in [-0.39, 0.29) is 17.9 Å². The summed E-state index contributed by atoms with van der Waals surface area (Å²) in [5.74, 6) is 0.0867. The molecule has 0 radical (unpaired) electrons. The van der Waals surface area contributed by atoms with Crippen molar-refractivity contribution in [2.45, 2.75) is 33.4 Å². The highest BCUT2D eigenvalue weighted by molar-refractivity contribution is 5.85. The third kappa shape index (κ3) is 2.92. The lowest BCUT2D eigenvalue weighted by atomic mass is 10.00. The van der Waals surface area contributed by atoms with Crippen LogP contribution >= 0.6 is 0 Å². The monoisotopic (exact) mass is 346 g/mol. The fourth-order valence-electron chi connectivity index (χ4n) is 3.91. The maximum absolute atomic E-state index is 12.9. The summed E-state index contributed by atoms with van der Waals surface area (Å²) in [6, 6.07) is 13.9. The van der Waals surface area contributed by atoms with Gasteiger partial charge in [-0.25, -0.2) is 0 Å². The molecule has 26 heavy (non-hydrogen) atoms. The number of aromatic nitrogens is 1. The third-order valence-electron chi connectivity index (χ3n) is 5.21. The molecule has 0 atom stereocenters. The lowest BCUT2D eigenvalue weighted by Gasteiger charge is -2.29. The molecule has 0 spiro atoms. The van der Waals surface area contributed by atoms with Crippen LogP contribution in [0, 0.1) is 13.8 Å². The van der Waals surface area contributed by atoms with Crippen molar-refractivity contribution >= 4 is 16.8 Å². The zero-order valence-electron chi connectivity index (χ0n) is 15.2. The van der Waals surface area contributed by atoms with E-state index < -0.39 is 0 Å². The molecule has 1 aliphatic rings. The Morgan fingerprint density at radius 2 is 1.85 bits per heavy atom. The van der Waals surface area contributed by atoms with Gasteiger partial charge in [0, 0.05) is 30.7 Å². The Morgan fingerprint density at radius 1 is 1.08 bits per heavy atom. The molecular formula is C22H22N2O2. The predicted molar refractivity (Wildman–Crippen MR) is 103 cm³/mol. The van der Waals surface area contributed by atoms with Crippen LogP contribution < -0.4 is 5.43 Å². The van der Waals surface area contributed by atoms with E-state index in [1.165, 1.54) is 11.1 Å². The maximum Gasteiger partial charge on any atom is 0.242 e. The molecule has 4 rings (SSSR count). The van der Waals surface area contributed by atoms with Crippen LogP contribution in [0.3, 0.4) is 0 Å². The van der Waals surface area contributed by atoms with E-state index in [9.17, 15) is 9.59 Å². The fourth-order valence-corrected chi connectivity index (χ4v) is 3.91. The van der Waals surface area contributed by atoms with Gasteiger partial charge in [-0.05, 0) is 48.6 Å². The minimum Gasteiger partial charge on any atom is -0.338 e. The summed E-state index contributed by atoms with van der Waals surface area (Å²) < 4.78 is 1.90. The van der Waals surface area contributed by atoms with Gasteiger partial charge >= 0.3 is 0 Å². The van der Waals surface area contributed by atoms with Gasteiger partial charge in [-0.15, -0.1) is 0 Å². The molecule has 0 saturated carbocycles. The van der Waals surface area contributed by atoms with Crippen LogP contribution in [0.15, 0.2) is 53.5 Å². The second-order valence-electron chi connectivity index (χ2n) is 7.12. The van der Waals surface area contributed by atoms with Crippen LogP contribution in [0.1, 0.15) is 22.3 Å². The summed E-state index contributed by atoms with van der Waals surface area (Å²) in [4.78, 5) is 27.1. The lowest BCUT2D eigenvalue weighted by Crippen LogP contribution is -2.38. The van der Waals surface area contributed by atoms with Crippen molar-refractivity contribution < 1.29 is 4.79 Å². The van der Waals surface area contributed by atoms with Crippen LogP contribution in [0.2, 0.25) is 0 Å². The van der Waals surface area contributed by atoms with E-state index in [0.29, 0.717) is 11.9 Å². The standard InChI is InChI=1S/C22H22N2O2/c1-15-11-16(2)22-19(12-15)23(10-8-20(22)25)14-21(26)24-9-7-17-5-3-4-6-18(17)13-24/h3-6,8,10-12H,7,9,13-14H2,1-2H3.